The monoisotopic (exact) mass is 227 g/mol. The fourth-order valence-electron chi connectivity index (χ4n) is 1.54. The van der Waals surface area contributed by atoms with Crippen LogP contribution in [0.3, 0.4) is 0 Å². The molecule has 16 heavy (non-hydrogen) atoms. The maximum atomic E-state index is 11.9. The van der Waals surface area contributed by atoms with Gasteiger partial charge in [-0.2, -0.15) is 8.78 Å². The third kappa shape index (κ3) is 2.48. The average Bonchev–Trinajstić information content (AvgIpc) is 3.05. The summed E-state index contributed by atoms with van der Waals surface area (Å²) >= 11 is 0. The molecule has 1 aromatic carbocycles. The van der Waals surface area contributed by atoms with Crippen LogP contribution in [-0.2, 0) is 0 Å². The fraction of sp³-hybridized carbons (Fsp3) is 0.364. The van der Waals surface area contributed by atoms with Crippen LogP contribution in [0.25, 0.3) is 0 Å². The molecule has 86 valence electrons. The van der Waals surface area contributed by atoms with E-state index >= 15 is 0 Å². The number of rotatable bonds is 4. The number of hydrogen-bond acceptors (Lipinski definition) is 3. The molecule has 1 N–H and O–H groups in total. The summed E-state index contributed by atoms with van der Waals surface area (Å²) in [5.41, 5.74) is 1.36. The first kappa shape index (κ1) is 10.9. The van der Waals surface area contributed by atoms with E-state index in [1.165, 1.54) is 12.1 Å². The Morgan fingerprint density at radius 2 is 1.94 bits per heavy atom. The van der Waals surface area contributed by atoms with E-state index in [4.69, 9.17) is 5.21 Å². The highest BCUT2D eigenvalue weighted by atomic mass is 19.3. The Labute approximate surface area is 91.3 Å². The summed E-state index contributed by atoms with van der Waals surface area (Å²) in [4.78, 5) is 0. The van der Waals surface area contributed by atoms with Crippen molar-refractivity contribution in [2.24, 2.45) is 11.1 Å². The normalized spacial score (nSPS) is 16.6. The van der Waals surface area contributed by atoms with Gasteiger partial charge in [-0.15, -0.1) is 0 Å². The number of hydrogen-bond donors (Lipinski definition) is 1. The molecule has 0 aliphatic heterocycles. The molecule has 0 saturated heterocycles. The molecule has 1 aromatic rings. The lowest BCUT2D eigenvalue weighted by molar-refractivity contribution is -0.0498. The Kier molecular flexibility index (Phi) is 3.03. The Morgan fingerprint density at radius 1 is 1.31 bits per heavy atom. The standard InChI is InChI=1S/C11H11F2NO2/c12-11(13)16-9-5-3-8(4-6-9)10(14-15)7-1-2-7/h3-7,11,15H,1-2H2. The zero-order valence-corrected chi connectivity index (χ0v) is 8.44. The maximum absolute atomic E-state index is 11.9. The predicted octanol–water partition coefficient (Wildman–Crippen LogP) is 2.88. The summed E-state index contributed by atoms with van der Waals surface area (Å²) < 4.78 is 28.0. The lowest BCUT2D eigenvalue weighted by Crippen LogP contribution is -2.05. The van der Waals surface area contributed by atoms with Crippen molar-refractivity contribution in [3.63, 3.8) is 0 Å². The number of oxime groups is 1. The van der Waals surface area contributed by atoms with Crippen LogP contribution in [0.5, 0.6) is 5.75 Å². The highest BCUT2D eigenvalue weighted by Crippen LogP contribution is 2.33. The Balaban J connectivity index is 2.12. The van der Waals surface area contributed by atoms with Crippen molar-refractivity contribution in [3.8, 4) is 5.75 Å². The molecule has 1 aliphatic rings. The molecule has 0 bridgehead atoms. The average molecular weight is 227 g/mol. The third-order valence-electron chi connectivity index (χ3n) is 2.45. The number of alkyl halides is 2. The molecule has 0 heterocycles. The van der Waals surface area contributed by atoms with Gasteiger partial charge in [0.1, 0.15) is 5.75 Å². The molecule has 0 radical (unpaired) electrons. The number of benzene rings is 1. The van der Waals surface area contributed by atoms with E-state index in [0.717, 1.165) is 18.4 Å². The van der Waals surface area contributed by atoms with E-state index in [0.29, 0.717) is 11.6 Å². The molecule has 0 atom stereocenters. The van der Waals surface area contributed by atoms with Crippen LogP contribution in [0.15, 0.2) is 29.4 Å². The second kappa shape index (κ2) is 4.47. The first-order valence-corrected chi connectivity index (χ1v) is 4.98. The second-order valence-electron chi connectivity index (χ2n) is 3.66. The van der Waals surface area contributed by atoms with Crippen LogP contribution in [0.2, 0.25) is 0 Å². The molecule has 1 aliphatic carbocycles. The number of halogens is 2. The number of ether oxygens (including phenoxy) is 1. The third-order valence-corrected chi connectivity index (χ3v) is 2.45. The largest absolute Gasteiger partial charge is 0.435 e. The van der Waals surface area contributed by atoms with E-state index in [1.807, 2.05) is 0 Å². The van der Waals surface area contributed by atoms with E-state index in [9.17, 15) is 8.78 Å². The summed E-state index contributed by atoms with van der Waals surface area (Å²) in [7, 11) is 0. The quantitative estimate of drug-likeness (QED) is 0.488. The summed E-state index contributed by atoms with van der Waals surface area (Å²) in [6.45, 7) is -2.82. The molecular formula is C11H11F2NO2. The van der Waals surface area contributed by atoms with E-state index in [2.05, 4.69) is 9.89 Å². The highest BCUT2D eigenvalue weighted by molar-refractivity contribution is 6.03. The van der Waals surface area contributed by atoms with Gasteiger partial charge in [-0.05, 0) is 42.7 Å². The minimum absolute atomic E-state index is 0.104. The van der Waals surface area contributed by atoms with E-state index in [-0.39, 0.29) is 5.75 Å². The van der Waals surface area contributed by atoms with Crippen molar-refractivity contribution >= 4 is 5.71 Å². The molecule has 1 saturated carbocycles. The van der Waals surface area contributed by atoms with Gasteiger partial charge in [0.05, 0.1) is 5.71 Å². The molecule has 0 spiro atoms. The predicted molar refractivity (Wildman–Crippen MR) is 54.1 cm³/mol. The van der Waals surface area contributed by atoms with Crippen molar-refractivity contribution in [3.05, 3.63) is 29.8 Å². The van der Waals surface area contributed by atoms with Crippen LogP contribution < -0.4 is 4.74 Å². The molecule has 2 rings (SSSR count). The molecule has 5 heteroatoms. The minimum Gasteiger partial charge on any atom is -0.435 e. The maximum Gasteiger partial charge on any atom is 0.387 e. The lowest BCUT2D eigenvalue weighted by atomic mass is 10.1. The van der Waals surface area contributed by atoms with Crippen molar-refractivity contribution in [1.29, 1.82) is 0 Å². The Bertz CT molecular complexity index is 385. The molecule has 1 fully saturated rings. The first-order valence-electron chi connectivity index (χ1n) is 4.98. The zero-order valence-electron chi connectivity index (χ0n) is 8.44. The van der Waals surface area contributed by atoms with Gasteiger partial charge in [0, 0.05) is 5.92 Å². The molecule has 3 nitrogen and oxygen atoms in total. The van der Waals surface area contributed by atoms with Crippen molar-refractivity contribution < 1.29 is 18.7 Å². The summed E-state index contributed by atoms with van der Waals surface area (Å²) in [6, 6.07) is 6.11. The van der Waals surface area contributed by atoms with Crippen LogP contribution in [0.4, 0.5) is 8.78 Å². The van der Waals surface area contributed by atoms with Crippen LogP contribution in [-0.4, -0.2) is 17.5 Å². The smallest absolute Gasteiger partial charge is 0.387 e. The highest BCUT2D eigenvalue weighted by Gasteiger charge is 2.29. The lowest BCUT2D eigenvalue weighted by Gasteiger charge is -2.06. The van der Waals surface area contributed by atoms with Gasteiger partial charge in [-0.25, -0.2) is 0 Å². The van der Waals surface area contributed by atoms with Gasteiger partial charge >= 0.3 is 6.61 Å². The summed E-state index contributed by atoms with van der Waals surface area (Å²) in [6.07, 6.45) is 2.02. The summed E-state index contributed by atoms with van der Waals surface area (Å²) in [5, 5.41) is 12.1. The van der Waals surface area contributed by atoms with Gasteiger partial charge in [0.2, 0.25) is 0 Å². The first-order chi connectivity index (χ1) is 7.70. The van der Waals surface area contributed by atoms with Crippen LogP contribution in [0, 0.1) is 5.92 Å². The minimum atomic E-state index is -2.82. The van der Waals surface area contributed by atoms with Crippen LogP contribution in [0.1, 0.15) is 18.4 Å². The Hall–Kier alpha value is -1.65. The van der Waals surface area contributed by atoms with Gasteiger partial charge in [0.25, 0.3) is 0 Å². The topological polar surface area (TPSA) is 41.8 Å². The van der Waals surface area contributed by atoms with Crippen molar-refractivity contribution in [2.75, 3.05) is 0 Å². The van der Waals surface area contributed by atoms with Crippen molar-refractivity contribution in [1.82, 2.24) is 0 Å². The van der Waals surface area contributed by atoms with E-state index < -0.39 is 6.61 Å². The van der Waals surface area contributed by atoms with Gasteiger partial charge in [-0.3, -0.25) is 0 Å². The van der Waals surface area contributed by atoms with Crippen molar-refractivity contribution in [2.45, 2.75) is 19.5 Å². The van der Waals surface area contributed by atoms with Gasteiger partial charge in [0.15, 0.2) is 0 Å². The zero-order chi connectivity index (χ0) is 11.5. The molecule has 0 amide bonds. The van der Waals surface area contributed by atoms with Crippen LogP contribution >= 0.6 is 0 Å². The van der Waals surface area contributed by atoms with Gasteiger partial charge < -0.3 is 9.94 Å². The summed E-state index contributed by atoms with van der Waals surface area (Å²) in [5.74, 6) is 0.402. The molecule has 0 aromatic heterocycles. The van der Waals surface area contributed by atoms with Gasteiger partial charge in [-0.1, -0.05) is 5.16 Å². The SMILES string of the molecule is ON=C(c1ccc(OC(F)F)cc1)C1CC1. The Morgan fingerprint density at radius 3 is 2.38 bits per heavy atom. The molecular weight excluding hydrogens is 216 g/mol. The number of nitrogens with zero attached hydrogens (tertiary/aromatic N) is 1. The second-order valence-corrected chi connectivity index (χ2v) is 3.66. The molecule has 0 unspecified atom stereocenters. The fourth-order valence-corrected chi connectivity index (χ4v) is 1.54. The van der Waals surface area contributed by atoms with E-state index in [1.54, 1.807) is 12.1 Å².